The summed E-state index contributed by atoms with van der Waals surface area (Å²) in [6, 6.07) is 11.0. The lowest BCUT2D eigenvalue weighted by Crippen LogP contribution is -2.13. The lowest BCUT2D eigenvalue weighted by molar-refractivity contribution is 0.102. The molecule has 5 nitrogen and oxygen atoms in total. The summed E-state index contributed by atoms with van der Waals surface area (Å²) in [5.74, 6) is -0.477. The summed E-state index contributed by atoms with van der Waals surface area (Å²) in [6.07, 6.45) is 0. The zero-order valence-corrected chi connectivity index (χ0v) is 17.2. The molecule has 0 aliphatic rings. The third kappa shape index (κ3) is 4.50. The number of nitrogens with zero attached hydrogens (tertiary/aromatic N) is 1. The summed E-state index contributed by atoms with van der Waals surface area (Å²) in [7, 11) is -3.39. The van der Waals surface area contributed by atoms with Crippen LogP contribution in [0, 0.1) is 0 Å². The number of thiazole rings is 1. The Balaban J connectivity index is 1.83. The summed E-state index contributed by atoms with van der Waals surface area (Å²) in [4.78, 5) is 16.9. The van der Waals surface area contributed by atoms with Gasteiger partial charge < -0.3 is 0 Å². The van der Waals surface area contributed by atoms with Gasteiger partial charge in [0.1, 0.15) is 0 Å². The average molecular weight is 441 g/mol. The number of aromatic nitrogens is 1. The number of rotatable bonds is 5. The molecule has 0 saturated heterocycles. The molecular weight excluding hydrogens is 427 g/mol. The van der Waals surface area contributed by atoms with E-state index in [1.807, 2.05) is 0 Å². The van der Waals surface area contributed by atoms with Crippen LogP contribution in [0.25, 0.3) is 11.3 Å². The van der Waals surface area contributed by atoms with E-state index in [2.05, 4.69) is 10.3 Å². The van der Waals surface area contributed by atoms with Crippen molar-refractivity contribution in [2.24, 2.45) is 0 Å². The van der Waals surface area contributed by atoms with Crippen LogP contribution in [0.2, 0.25) is 10.0 Å². The van der Waals surface area contributed by atoms with Gasteiger partial charge in [-0.15, -0.1) is 11.3 Å². The third-order valence-corrected chi connectivity index (χ3v) is 6.82. The Morgan fingerprint density at radius 1 is 1.19 bits per heavy atom. The van der Waals surface area contributed by atoms with Crippen LogP contribution in [0.4, 0.5) is 5.13 Å². The molecule has 0 spiro atoms. The number of hydrogen-bond donors (Lipinski definition) is 1. The predicted molar refractivity (Wildman–Crippen MR) is 110 cm³/mol. The number of sulfone groups is 1. The zero-order chi connectivity index (χ0) is 19.6. The predicted octanol–water partition coefficient (Wildman–Crippen LogP) is 5.16. The normalized spacial score (nSPS) is 11.4. The molecular formula is C18H14Cl2N2O3S2. The SMILES string of the molecule is CCS(=O)(=O)c1cccc(C(=O)Nc2nc(-c3cc(Cl)ccc3Cl)cs2)c1. The van der Waals surface area contributed by atoms with Crippen LogP contribution in [0.1, 0.15) is 17.3 Å². The second-order valence-corrected chi connectivity index (χ2v) is 9.53. The molecule has 0 saturated carbocycles. The van der Waals surface area contributed by atoms with E-state index in [1.165, 1.54) is 29.5 Å². The Hall–Kier alpha value is -1.93. The molecule has 0 aliphatic heterocycles. The highest BCUT2D eigenvalue weighted by Gasteiger charge is 2.16. The second kappa shape index (κ2) is 7.98. The smallest absolute Gasteiger partial charge is 0.257 e. The van der Waals surface area contributed by atoms with Crippen LogP contribution in [0.5, 0.6) is 0 Å². The first-order valence-electron chi connectivity index (χ1n) is 7.85. The zero-order valence-electron chi connectivity index (χ0n) is 14.1. The Kier molecular flexibility index (Phi) is 5.86. The van der Waals surface area contributed by atoms with Crippen LogP contribution in [0.15, 0.2) is 52.7 Å². The molecule has 0 fully saturated rings. The quantitative estimate of drug-likeness (QED) is 0.593. The monoisotopic (exact) mass is 440 g/mol. The van der Waals surface area contributed by atoms with Gasteiger partial charge in [0.2, 0.25) is 0 Å². The van der Waals surface area contributed by atoms with Gasteiger partial charge in [-0.25, -0.2) is 13.4 Å². The van der Waals surface area contributed by atoms with E-state index in [0.29, 0.717) is 26.4 Å². The lowest BCUT2D eigenvalue weighted by atomic mass is 10.2. The molecule has 0 unspecified atom stereocenters. The maximum Gasteiger partial charge on any atom is 0.257 e. The summed E-state index contributed by atoms with van der Waals surface area (Å²) in [5, 5.41) is 5.83. The highest BCUT2D eigenvalue weighted by molar-refractivity contribution is 7.91. The van der Waals surface area contributed by atoms with Gasteiger partial charge in [-0.1, -0.05) is 36.2 Å². The minimum absolute atomic E-state index is 0.0334. The molecule has 2 aromatic carbocycles. The van der Waals surface area contributed by atoms with Crippen LogP contribution < -0.4 is 5.32 Å². The molecule has 0 radical (unpaired) electrons. The maximum absolute atomic E-state index is 12.5. The van der Waals surface area contributed by atoms with E-state index in [-0.39, 0.29) is 16.2 Å². The fourth-order valence-electron chi connectivity index (χ4n) is 2.32. The van der Waals surface area contributed by atoms with Gasteiger partial charge in [-0.05, 0) is 36.4 Å². The standard InChI is InChI=1S/C18H14Cl2N2O3S2/c1-2-27(24,25)13-5-3-4-11(8-13)17(23)22-18-21-16(10-26-18)14-9-12(19)6-7-15(14)20/h3-10H,2H2,1H3,(H,21,22,23). The molecule has 1 heterocycles. The molecule has 0 atom stereocenters. The number of carbonyl (C=O) groups is 1. The first kappa shape index (κ1) is 19.8. The number of nitrogens with one attached hydrogen (secondary N) is 1. The van der Waals surface area contributed by atoms with E-state index in [4.69, 9.17) is 23.2 Å². The minimum Gasteiger partial charge on any atom is -0.298 e. The van der Waals surface area contributed by atoms with E-state index in [9.17, 15) is 13.2 Å². The van der Waals surface area contributed by atoms with Crippen molar-refractivity contribution in [3.63, 3.8) is 0 Å². The number of amides is 1. The second-order valence-electron chi connectivity index (χ2n) is 5.55. The van der Waals surface area contributed by atoms with Gasteiger partial charge in [0.05, 0.1) is 21.4 Å². The van der Waals surface area contributed by atoms with E-state index in [0.717, 1.165) is 0 Å². The van der Waals surface area contributed by atoms with Crippen molar-refractivity contribution in [3.8, 4) is 11.3 Å². The van der Waals surface area contributed by atoms with E-state index < -0.39 is 15.7 Å². The van der Waals surface area contributed by atoms with Gasteiger partial charge in [-0.3, -0.25) is 10.1 Å². The van der Waals surface area contributed by atoms with Crippen molar-refractivity contribution in [1.82, 2.24) is 4.98 Å². The summed E-state index contributed by atoms with van der Waals surface area (Å²) in [5.41, 5.74) is 1.49. The maximum atomic E-state index is 12.5. The van der Waals surface area contributed by atoms with Gasteiger partial charge in [0, 0.05) is 21.5 Å². The molecule has 3 rings (SSSR count). The Morgan fingerprint density at radius 3 is 2.70 bits per heavy atom. The third-order valence-electron chi connectivity index (χ3n) is 3.76. The molecule has 9 heteroatoms. The summed E-state index contributed by atoms with van der Waals surface area (Å²) in [6.45, 7) is 1.56. The highest BCUT2D eigenvalue weighted by Crippen LogP contribution is 2.32. The minimum atomic E-state index is -3.39. The van der Waals surface area contributed by atoms with Crippen LogP contribution in [-0.4, -0.2) is 25.1 Å². The molecule has 0 aliphatic carbocycles. The van der Waals surface area contributed by atoms with Gasteiger partial charge in [0.25, 0.3) is 5.91 Å². The summed E-state index contributed by atoms with van der Waals surface area (Å²) < 4.78 is 24.0. The molecule has 27 heavy (non-hydrogen) atoms. The highest BCUT2D eigenvalue weighted by atomic mass is 35.5. The number of benzene rings is 2. The molecule has 1 amide bonds. The first-order chi connectivity index (χ1) is 12.8. The average Bonchev–Trinajstić information content (AvgIpc) is 3.12. The summed E-state index contributed by atoms with van der Waals surface area (Å²) >= 11 is 13.4. The van der Waals surface area contributed by atoms with Crippen molar-refractivity contribution in [2.75, 3.05) is 11.1 Å². The molecule has 3 aromatic rings. The number of carbonyl (C=O) groups excluding carboxylic acids is 1. The molecule has 1 aromatic heterocycles. The molecule has 140 valence electrons. The van der Waals surface area contributed by atoms with Crippen molar-refractivity contribution in [2.45, 2.75) is 11.8 Å². The van der Waals surface area contributed by atoms with Crippen molar-refractivity contribution >= 4 is 55.4 Å². The van der Waals surface area contributed by atoms with Crippen LogP contribution in [0.3, 0.4) is 0 Å². The number of anilines is 1. The first-order valence-corrected chi connectivity index (χ1v) is 11.1. The number of hydrogen-bond acceptors (Lipinski definition) is 5. The topological polar surface area (TPSA) is 76.1 Å². The Morgan fingerprint density at radius 2 is 1.96 bits per heavy atom. The Labute approximate surface area is 170 Å². The number of halogens is 2. The molecule has 1 N–H and O–H groups in total. The van der Waals surface area contributed by atoms with Crippen molar-refractivity contribution < 1.29 is 13.2 Å². The largest absolute Gasteiger partial charge is 0.298 e. The van der Waals surface area contributed by atoms with Crippen LogP contribution in [-0.2, 0) is 9.84 Å². The van der Waals surface area contributed by atoms with Crippen molar-refractivity contribution in [3.05, 3.63) is 63.5 Å². The lowest BCUT2D eigenvalue weighted by Gasteiger charge is -2.05. The van der Waals surface area contributed by atoms with Crippen molar-refractivity contribution in [1.29, 1.82) is 0 Å². The fourth-order valence-corrected chi connectivity index (χ4v) is 4.33. The van der Waals surface area contributed by atoms with Crippen LogP contribution >= 0.6 is 34.5 Å². The Bertz CT molecular complexity index is 1110. The fraction of sp³-hybridized carbons (Fsp3) is 0.111. The van der Waals surface area contributed by atoms with Gasteiger partial charge in [0.15, 0.2) is 15.0 Å². The van der Waals surface area contributed by atoms with Gasteiger partial charge >= 0.3 is 0 Å². The molecule has 0 bridgehead atoms. The van der Waals surface area contributed by atoms with E-state index >= 15 is 0 Å². The van der Waals surface area contributed by atoms with Gasteiger partial charge in [-0.2, -0.15) is 0 Å². The van der Waals surface area contributed by atoms with E-state index in [1.54, 1.807) is 36.6 Å².